The SMILES string of the molecule is COc1ccc2nc(N(CCN3CCOCC3)C(=O)C(C)(C)Oc3ccc(Cl)cc3)sc2c1. The van der Waals surface area contributed by atoms with E-state index >= 15 is 0 Å². The summed E-state index contributed by atoms with van der Waals surface area (Å²) in [6.45, 7) is 7.91. The number of thiazole rings is 1. The zero-order valence-electron chi connectivity index (χ0n) is 19.0. The van der Waals surface area contributed by atoms with Crippen LogP contribution in [0.4, 0.5) is 5.13 Å². The number of morpholine rings is 1. The number of methoxy groups -OCH3 is 1. The van der Waals surface area contributed by atoms with Gasteiger partial charge in [0, 0.05) is 31.2 Å². The molecule has 9 heteroatoms. The van der Waals surface area contributed by atoms with Gasteiger partial charge in [0.05, 0.1) is 30.5 Å². The van der Waals surface area contributed by atoms with Crippen LogP contribution in [0.5, 0.6) is 11.5 Å². The standard InChI is InChI=1S/C24H28ClN3O4S/c1-24(2,32-18-6-4-17(25)5-7-18)22(29)28(11-10-27-12-14-31-15-13-27)23-26-20-9-8-19(30-3)16-21(20)33-23/h4-9,16H,10-15H2,1-3H3. The van der Waals surface area contributed by atoms with Gasteiger partial charge in [-0.1, -0.05) is 22.9 Å². The average Bonchev–Trinajstić information content (AvgIpc) is 3.24. The molecule has 0 aliphatic carbocycles. The summed E-state index contributed by atoms with van der Waals surface area (Å²) in [6.07, 6.45) is 0. The Balaban J connectivity index is 1.60. The monoisotopic (exact) mass is 489 g/mol. The molecule has 0 spiro atoms. The van der Waals surface area contributed by atoms with Gasteiger partial charge >= 0.3 is 0 Å². The van der Waals surface area contributed by atoms with Crippen molar-refractivity contribution in [3.8, 4) is 11.5 Å². The molecule has 0 atom stereocenters. The van der Waals surface area contributed by atoms with Gasteiger partial charge < -0.3 is 14.2 Å². The third-order valence-corrected chi connectivity index (χ3v) is 6.80. The van der Waals surface area contributed by atoms with Crippen molar-refractivity contribution in [3.05, 3.63) is 47.5 Å². The van der Waals surface area contributed by atoms with E-state index in [1.807, 2.05) is 18.2 Å². The van der Waals surface area contributed by atoms with Crippen LogP contribution < -0.4 is 14.4 Å². The summed E-state index contributed by atoms with van der Waals surface area (Å²) in [5.74, 6) is 1.19. The van der Waals surface area contributed by atoms with Crippen molar-refractivity contribution in [1.29, 1.82) is 0 Å². The number of amides is 1. The average molecular weight is 490 g/mol. The third kappa shape index (κ3) is 5.76. The van der Waals surface area contributed by atoms with Gasteiger partial charge in [0.25, 0.3) is 5.91 Å². The zero-order chi connectivity index (χ0) is 23.4. The lowest BCUT2D eigenvalue weighted by Gasteiger charge is -2.33. The van der Waals surface area contributed by atoms with Crippen LogP contribution in [0.25, 0.3) is 10.2 Å². The molecular formula is C24H28ClN3O4S. The van der Waals surface area contributed by atoms with Crippen molar-refractivity contribution in [2.24, 2.45) is 0 Å². The summed E-state index contributed by atoms with van der Waals surface area (Å²) < 4.78 is 17.9. The van der Waals surface area contributed by atoms with Gasteiger partial charge in [-0.15, -0.1) is 0 Å². The molecule has 176 valence electrons. The maximum atomic E-state index is 13.8. The molecule has 0 radical (unpaired) electrons. The summed E-state index contributed by atoms with van der Waals surface area (Å²) in [5.41, 5.74) is -0.273. The Bertz CT molecular complexity index is 1100. The first kappa shape index (κ1) is 23.8. The number of nitrogens with zero attached hydrogens (tertiary/aromatic N) is 3. The predicted octanol–water partition coefficient (Wildman–Crippen LogP) is 4.48. The van der Waals surface area contributed by atoms with Crippen LogP contribution in [-0.2, 0) is 9.53 Å². The summed E-state index contributed by atoms with van der Waals surface area (Å²) >= 11 is 7.46. The number of fused-ring (bicyclic) bond motifs is 1. The number of hydrogen-bond donors (Lipinski definition) is 0. The topological polar surface area (TPSA) is 64.1 Å². The van der Waals surface area contributed by atoms with Gasteiger partial charge in [-0.2, -0.15) is 0 Å². The molecule has 0 unspecified atom stereocenters. The summed E-state index contributed by atoms with van der Waals surface area (Å²) in [6, 6.07) is 12.7. The van der Waals surface area contributed by atoms with Gasteiger partial charge in [0.1, 0.15) is 11.5 Å². The van der Waals surface area contributed by atoms with Gasteiger partial charge in [-0.3, -0.25) is 14.6 Å². The number of rotatable bonds is 8. The lowest BCUT2D eigenvalue weighted by Crippen LogP contribution is -2.51. The molecule has 1 aliphatic heterocycles. The maximum Gasteiger partial charge on any atom is 0.272 e. The zero-order valence-corrected chi connectivity index (χ0v) is 20.6. The molecule has 2 heterocycles. The first-order valence-corrected chi connectivity index (χ1v) is 12.1. The van der Waals surface area contributed by atoms with Crippen LogP contribution in [-0.4, -0.2) is 67.9 Å². The number of halogens is 1. The molecule has 7 nitrogen and oxygen atoms in total. The fourth-order valence-electron chi connectivity index (χ4n) is 3.65. The molecule has 1 fully saturated rings. The molecule has 0 N–H and O–H groups in total. The van der Waals surface area contributed by atoms with E-state index in [1.54, 1.807) is 50.1 Å². The van der Waals surface area contributed by atoms with Crippen LogP contribution in [0.2, 0.25) is 5.02 Å². The lowest BCUT2D eigenvalue weighted by atomic mass is 10.1. The minimum Gasteiger partial charge on any atom is -0.497 e. The molecule has 33 heavy (non-hydrogen) atoms. The molecule has 2 aromatic carbocycles. The second-order valence-electron chi connectivity index (χ2n) is 8.31. The third-order valence-electron chi connectivity index (χ3n) is 5.51. The Hall–Kier alpha value is -2.39. The molecule has 0 bridgehead atoms. The van der Waals surface area contributed by atoms with Gasteiger partial charge in [-0.05, 0) is 56.3 Å². The van der Waals surface area contributed by atoms with E-state index in [-0.39, 0.29) is 5.91 Å². The summed E-state index contributed by atoms with van der Waals surface area (Å²) in [5, 5.41) is 1.26. The highest BCUT2D eigenvalue weighted by molar-refractivity contribution is 7.22. The molecule has 1 aliphatic rings. The Labute approximate surface area is 202 Å². The maximum absolute atomic E-state index is 13.8. The minimum atomic E-state index is -1.10. The quantitative estimate of drug-likeness (QED) is 0.465. The van der Waals surface area contributed by atoms with E-state index in [4.69, 9.17) is 30.8 Å². The second-order valence-corrected chi connectivity index (χ2v) is 9.75. The van der Waals surface area contributed by atoms with E-state index in [1.165, 1.54) is 11.3 Å². The van der Waals surface area contributed by atoms with E-state index in [0.717, 1.165) is 35.6 Å². The van der Waals surface area contributed by atoms with Crippen molar-refractivity contribution in [1.82, 2.24) is 9.88 Å². The van der Waals surface area contributed by atoms with E-state index in [9.17, 15) is 4.79 Å². The normalized spacial score (nSPS) is 14.9. The molecule has 0 saturated carbocycles. The number of anilines is 1. The molecule has 4 rings (SSSR count). The highest BCUT2D eigenvalue weighted by Crippen LogP contribution is 2.33. The number of benzene rings is 2. The number of carbonyl (C=O) groups is 1. The Morgan fingerprint density at radius 1 is 1.18 bits per heavy atom. The smallest absolute Gasteiger partial charge is 0.272 e. The van der Waals surface area contributed by atoms with Crippen molar-refractivity contribution < 1.29 is 19.0 Å². The fourth-order valence-corrected chi connectivity index (χ4v) is 4.80. The van der Waals surface area contributed by atoms with Crippen LogP contribution in [0.1, 0.15) is 13.8 Å². The van der Waals surface area contributed by atoms with Crippen LogP contribution >= 0.6 is 22.9 Å². The molecular weight excluding hydrogens is 462 g/mol. The van der Waals surface area contributed by atoms with Gasteiger partial charge in [0.15, 0.2) is 10.7 Å². The van der Waals surface area contributed by atoms with Crippen molar-refractivity contribution in [2.75, 3.05) is 51.4 Å². The first-order chi connectivity index (χ1) is 15.9. The van der Waals surface area contributed by atoms with Gasteiger partial charge in [0.2, 0.25) is 0 Å². The van der Waals surface area contributed by atoms with Crippen molar-refractivity contribution in [3.63, 3.8) is 0 Å². The highest BCUT2D eigenvalue weighted by atomic mass is 35.5. The van der Waals surface area contributed by atoms with E-state index < -0.39 is 5.60 Å². The molecule has 1 saturated heterocycles. The Morgan fingerprint density at radius 2 is 1.88 bits per heavy atom. The second kappa shape index (κ2) is 10.3. The van der Waals surface area contributed by atoms with Crippen LogP contribution in [0.15, 0.2) is 42.5 Å². The van der Waals surface area contributed by atoms with Crippen molar-refractivity contribution >= 4 is 44.2 Å². The molecule has 3 aromatic rings. The highest BCUT2D eigenvalue weighted by Gasteiger charge is 2.36. The van der Waals surface area contributed by atoms with Crippen molar-refractivity contribution in [2.45, 2.75) is 19.4 Å². The van der Waals surface area contributed by atoms with Crippen LogP contribution in [0, 0.1) is 0 Å². The number of ether oxygens (including phenoxy) is 3. The fraction of sp³-hybridized carbons (Fsp3) is 0.417. The number of aromatic nitrogens is 1. The predicted molar refractivity (Wildman–Crippen MR) is 132 cm³/mol. The number of carbonyl (C=O) groups excluding carboxylic acids is 1. The summed E-state index contributed by atoms with van der Waals surface area (Å²) in [7, 11) is 1.64. The van der Waals surface area contributed by atoms with Gasteiger partial charge in [-0.25, -0.2) is 4.98 Å². The first-order valence-electron chi connectivity index (χ1n) is 10.9. The Kier molecular flexibility index (Phi) is 7.38. The lowest BCUT2D eigenvalue weighted by molar-refractivity contribution is -0.131. The Morgan fingerprint density at radius 3 is 2.58 bits per heavy atom. The van der Waals surface area contributed by atoms with E-state index in [2.05, 4.69) is 4.90 Å². The number of hydrogen-bond acceptors (Lipinski definition) is 7. The largest absolute Gasteiger partial charge is 0.497 e. The molecule has 1 amide bonds. The minimum absolute atomic E-state index is 0.156. The molecule has 1 aromatic heterocycles. The summed E-state index contributed by atoms with van der Waals surface area (Å²) in [4.78, 5) is 22.6. The van der Waals surface area contributed by atoms with Crippen LogP contribution in [0.3, 0.4) is 0 Å². The van der Waals surface area contributed by atoms with E-state index in [0.29, 0.717) is 35.7 Å².